The molecule has 0 aliphatic rings. The van der Waals surface area contributed by atoms with Crippen LogP contribution in [0, 0.1) is 11.7 Å². The molecule has 0 radical (unpaired) electrons. The van der Waals surface area contributed by atoms with Crippen LogP contribution in [0.5, 0.6) is 0 Å². The number of aromatic nitrogens is 2. The lowest BCUT2D eigenvalue weighted by Crippen LogP contribution is -2.20. The van der Waals surface area contributed by atoms with Gasteiger partial charge in [-0.15, -0.1) is 0 Å². The maximum atomic E-state index is 13.4. The zero-order valence-electron chi connectivity index (χ0n) is 11.0. The van der Waals surface area contributed by atoms with E-state index in [0.717, 1.165) is 17.8 Å². The molecular formula is C14H17ClFN3. The third kappa shape index (κ3) is 3.78. The van der Waals surface area contributed by atoms with Crippen molar-refractivity contribution < 1.29 is 4.39 Å². The van der Waals surface area contributed by atoms with Gasteiger partial charge in [0.25, 0.3) is 0 Å². The van der Waals surface area contributed by atoms with Crippen molar-refractivity contribution in [2.45, 2.75) is 20.4 Å². The van der Waals surface area contributed by atoms with Gasteiger partial charge in [-0.3, -0.25) is 0 Å². The fraction of sp³-hybridized carbons (Fsp3) is 0.357. The van der Waals surface area contributed by atoms with Crippen molar-refractivity contribution in [2.75, 3.05) is 6.54 Å². The Morgan fingerprint density at radius 3 is 2.84 bits per heavy atom. The summed E-state index contributed by atoms with van der Waals surface area (Å²) in [4.78, 5) is 0. The molecule has 1 aromatic carbocycles. The van der Waals surface area contributed by atoms with Gasteiger partial charge in [0, 0.05) is 12.7 Å². The summed E-state index contributed by atoms with van der Waals surface area (Å²) in [6.45, 7) is 5.75. The van der Waals surface area contributed by atoms with E-state index in [9.17, 15) is 4.39 Å². The molecule has 1 aromatic heterocycles. The molecule has 0 fully saturated rings. The summed E-state index contributed by atoms with van der Waals surface area (Å²) >= 11 is 5.87. The first-order valence-electron chi connectivity index (χ1n) is 6.26. The molecule has 0 spiro atoms. The quantitative estimate of drug-likeness (QED) is 0.910. The van der Waals surface area contributed by atoms with E-state index < -0.39 is 0 Å². The van der Waals surface area contributed by atoms with Crippen molar-refractivity contribution in [1.82, 2.24) is 15.1 Å². The molecule has 0 aliphatic heterocycles. The molecule has 0 saturated heterocycles. The maximum Gasteiger partial charge on any atom is 0.123 e. The van der Waals surface area contributed by atoms with E-state index in [-0.39, 0.29) is 5.82 Å². The lowest BCUT2D eigenvalue weighted by atomic mass is 10.1. The Kier molecular flexibility index (Phi) is 4.56. The summed E-state index contributed by atoms with van der Waals surface area (Å²) in [7, 11) is 0. The Hall–Kier alpha value is -1.39. The summed E-state index contributed by atoms with van der Waals surface area (Å²) < 4.78 is 15.0. The number of hydrogen-bond acceptors (Lipinski definition) is 2. The number of halogens is 2. The monoisotopic (exact) mass is 281 g/mol. The van der Waals surface area contributed by atoms with Gasteiger partial charge in [0.2, 0.25) is 0 Å². The van der Waals surface area contributed by atoms with E-state index in [1.807, 2.05) is 0 Å². The molecule has 1 heterocycles. The SMILES string of the molecule is CC(C)CNCc1cc(F)ccc1-n1cc(Cl)cn1. The Morgan fingerprint density at radius 2 is 2.21 bits per heavy atom. The molecular weight excluding hydrogens is 265 g/mol. The third-order valence-corrected chi connectivity index (χ3v) is 2.90. The smallest absolute Gasteiger partial charge is 0.123 e. The van der Waals surface area contributed by atoms with Gasteiger partial charge in [-0.25, -0.2) is 9.07 Å². The zero-order valence-corrected chi connectivity index (χ0v) is 11.8. The Labute approximate surface area is 117 Å². The summed E-state index contributed by atoms with van der Waals surface area (Å²) in [5, 5.41) is 8.02. The van der Waals surface area contributed by atoms with Gasteiger partial charge in [-0.1, -0.05) is 25.4 Å². The highest BCUT2D eigenvalue weighted by Gasteiger charge is 2.08. The van der Waals surface area contributed by atoms with Gasteiger partial charge in [-0.05, 0) is 36.2 Å². The number of hydrogen-bond donors (Lipinski definition) is 1. The van der Waals surface area contributed by atoms with Gasteiger partial charge >= 0.3 is 0 Å². The van der Waals surface area contributed by atoms with Crippen LogP contribution in [0.15, 0.2) is 30.6 Å². The van der Waals surface area contributed by atoms with Crippen molar-refractivity contribution in [1.29, 1.82) is 0 Å². The minimum atomic E-state index is -0.247. The highest BCUT2D eigenvalue weighted by molar-refractivity contribution is 6.30. The normalized spacial score (nSPS) is 11.2. The molecule has 102 valence electrons. The van der Waals surface area contributed by atoms with Gasteiger partial charge in [0.05, 0.1) is 16.9 Å². The molecule has 3 nitrogen and oxygen atoms in total. The highest BCUT2D eigenvalue weighted by atomic mass is 35.5. The Bertz CT molecular complexity index is 551. The number of nitrogens with one attached hydrogen (secondary N) is 1. The minimum Gasteiger partial charge on any atom is -0.312 e. The summed E-state index contributed by atoms with van der Waals surface area (Å²) in [6, 6.07) is 4.67. The fourth-order valence-electron chi connectivity index (χ4n) is 1.85. The Balaban J connectivity index is 2.23. The summed E-state index contributed by atoms with van der Waals surface area (Å²) in [6.07, 6.45) is 3.27. The second-order valence-electron chi connectivity index (χ2n) is 4.90. The molecule has 1 N–H and O–H groups in total. The topological polar surface area (TPSA) is 29.9 Å². The van der Waals surface area contributed by atoms with E-state index in [1.54, 1.807) is 23.1 Å². The second-order valence-corrected chi connectivity index (χ2v) is 5.34. The first-order valence-corrected chi connectivity index (χ1v) is 6.63. The van der Waals surface area contributed by atoms with Crippen LogP contribution in [0.25, 0.3) is 5.69 Å². The summed E-state index contributed by atoms with van der Waals surface area (Å²) in [5.74, 6) is 0.305. The van der Waals surface area contributed by atoms with Crippen molar-refractivity contribution in [3.8, 4) is 5.69 Å². The molecule has 0 amide bonds. The van der Waals surface area contributed by atoms with Crippen molar-refractivity contribution in [2.24, 2.45) is 5.92 Å². The first kappa shape index (κ1) is 14.0. The first-order chi connectivity index (χ1) is 9.06. The van der Waals surface area contributed by atoms with Crippen LogP contribution in [0.2, 0.25) is 5.02 Å². The molecule has 2 aromatic rings. The van der Waals surface area contributed by atoms with E-state index in [0.29, 0.717) is 17.5 Å². The van der Waals surface area contributed by atoms with Gasteiger partial charge in [-0.2, -0.15) is 5.10 Å². The number of rotatable bonds is 5. The number of benzene rings is 1. The molecule has 0 bridgehead atoms. The van der Waals surface area contributed by atoms with Gasteiger partial charge < -0.3 is 5.32 Å². The highest BCUT2D eigenvalue weighted by Crippen LogP contribution is 2.18. The van der Waals surface area contributed by atoms with Crippen LogP contribution in [0.4, 0.5) is 4.39 Å². The van der Waals surface area contributed by atoms with E-state index in [1.165, 1.54) is 12.1 Å². The van der Waals surface area contributed by atoms with Gasteiger partial charge in [0.1, 0.15) is 5.82 Å². The lowest BCUT2D eigenvalue weighted by Gasteiger charge is -2.12. The van der Waals surface area contributed by atoms with E-state index >= 15 is 0 Å². The number of nitrogens with zero attached hydrogens (tertiary/aromatic N) is 2. The van der Waals surface area contributed by atoms with Crippen LogP contribution in [0.3, 0.4) is 0 Å². The van der Waals surface area contributed by atoms with Gasteiger partial charge in [0.15, 0.2) is 0 Å². The zero-order chi connectivity index (χ0) is 13.8. The van der Waals surface area contributed by atoms with Crippen molar-refractivity contribution in [3.63, 3.8) is 0 Å². The second kappa shape index (κ2) is 6.17. The van der Waals surface area contributed by atoms with Crippen LogP contribution in [-0.2, 0) is 6.54 Å². The molecule has 19 heavy (non-hydrogen) atoms. The molecule has 0 unspecified atom stereocenters. The van der Waals surface area contributed by atoms with Crippen molar-refractivity contribution >= 4 is 11.6 Å². The maximum absolute atomic E-state index is 13.4. The molecule has 2 rings (SSSR count). The Morgan fingerprint density at radius 1 is 1.42 bits per heavy atom. The fourth-order valence-corrected chi connectivity index (χ4v) is 1.98. The van der Waals surface area contributed by atoms with Crippen LogP contribution < -0.4 is 5.32 Å². The van der Waals surface area contributed by atoms with Crippen LogP contribution in [0.1, 0.15) is 19.4 Å². The molecule has 0 aliphatic carbocycles. The predicted molar refractivity (Wildman–Crippen MR) is 75.1 cm³/mol. The largest absolute Gasteiger partial charge is 0.312 e. The average molecular weight is 282 g/mol. The van der Waals surface area contributed by atoms with E-state index in [4.69, 9.17) is 11.6 Å². The van der Waals surface area contributed by atoms with E-state index in [2.05, 4.69) is 24.3 Å². The average Bonchev–Trinajstić information content (AvgIpc) is 2.75. The minimum absolute atomic E-state index is 0.247. The molecule has 5 heteroatoms. The lowest BCUT2D eigenvalue weighted by molar-refractivity contribution is 0.548. The standard InChI is InChI=1S/C14H17ClFN3/c1-10(2)6-17-7-11-5-13(16)3-4-14(11)19-9-12(15)8-18-19/h3-5,8-10,17H,6-7H2,1-2H3. The predicted octanol–water partition coefficient (Wildman–Crippen LogP) is 3.41. The third-order valence-electron chi connectivity index (χ3n) is 2.71. The van der Waals surface area contributed by atoms with Crippen LogP contribution in [-0.4, -0.2) is 16.3 Å². The van der Waals surface area contributed by atoms with Crippen molar-refractivity contribution in [3.05, 3.63) is 47.0 Å². The van der Waals surface area contributed by atoms with Crippen LogP contribution >= 0.6 is 11.6 Å². The summed E-state index contributed by atoms with van der Waals surface area (Å²) in [5.41, 5.74) is 1.70. The molecule has 0 saturated carbocycles. The molecule has 0 atom stereocenters.